The fraction of sp³-hybridized carbons (Fsp3) is 0.136. The number of carbonyl (C=O) groups excluding carboxylic acids is 2. The molecule has 154 valence electrons. The minimum absolute atomic E-state index is 0.247. The number of methoxy groups -OCH3 is 2. The molecule has 0 aliphatic heterocycles. The van der Waals surface area contributed by atoms with Crippen molar-refractivity contribution in [3.63, 3.8) is 0 Å². The van der Waals surface area contributed by atoms with Crippen molar-refractivity contribution in [1.29, 1.82) is 0 Å². The van der Waals surface area contributed by atoms with Crippen molar-refractivity contribution in [2.24, 2.45) is 0 Å². The van der Waals surface area contributed by atoms with Gasteiger partial charge in [-0.15, -0.1) is 0 Å². The maximum absolute atomic E-state index is 12.8. The fourth-order valence-corrected chi connectivity index (χ4v) is 2.51. The van der Waals surface area contributed by atoms with Crippen molar-refractivity contribution < 1.29 is 28.5 Å². The SMILES string of the molecule is COC(=O)COc1cc(C(=O)Nc2ccccc2Oc2ccncc2)ccc1OC. The Hall–Kier alpha value is -4.07. The van der Waals surface area contributed by atoms with E-state index in [1.165, 1.54) is 20.3 Å². The summed E-state index contributed by atoms with van der Waals surface area (Å²) >= 11 is 0. The number of aromatic nitrogens is 1. The zero-order valence-electron chi connectivity index (χ0n) is 16.5. The number of benzene rings is 2. The van der Waals surface area contributed by atoms with Crippen LogP contribution in [-0.4, -0.2) is 37.7 Å². The molecule has 30 heavy (non-hydrogen) atoms. The minimum Gasteiger partial charge on any atom is -0.493 e. The highest BCUT2D eigenvalue weighted by atomic mass is 16.6. The van der Waals surface area contributed by atoms with E-state index in [4.69, 9.17) is 14.2 Å². The van der Waals surface area contributed by atoms with Crippen LogP contribution < -0.4 is 19.5 Å². The molecule has 0 saturated heterocycles. The van der Waals surface area contributed by atoms with Gasteiger partial charge in [-0.05, 0) is 42.5 Å². The highest BCUT2D eigenvalue weighted by Gasteiger charge is 2.15. The van der Waals surface area contributed by atoms with Gasteiger partial charge in [-0.3, -0.25) is 9.78 Å². The van der Waals surface area contributed by atoms with Gasteiger partial charge in [0.15, 0.2) is 23.9 Å². The van der Waals surface area contributed by atoms with Crippen LogP contribution in [0.2, 0.25) is 0 Å². The van der Waals surface area contributed by atoms with Gasteiger partial charge >= 0.3 is 5.97 Å². The van der Waals surface area contributed by atoms with Crippen LogP contribution in [0, 0.1) is 0 Å². The molecule has 1 amide bonds. The Labute approximate surface area is 173 Å². The Bertz CT molecular complexity index is 1020. The molecule has 1 N–H and O–H groups in total. The number of nitrogens with zero attached hydrogens (tertiary/aromatic N) is 1. The molecule has 0 atom stereocenters. The van der Waals surface area contributed by atoms with Crippen LogP contribution in [0.15, 0.2) is 67.0 Å². The third-order valence-electron chi connectivity index (χ3n) is 4.01. The van der Waals surface area contributed by atoms with Crippen molar-refractivity contribution in [2.75, 3.05) is 26.1 Å². The summed E-state index contributed by atoms with van der Waals surface area (Å²) in [5.41, 5.74) is 0.807. The summed E-state index contributed by atoms with van der Waals surface area (Å²) in [5.74, 6) is 0.775. The summed E-state index contributed by atoms with van der Waals surface area (Å²) in [4.78, 5) is 28.1. The van der Waals surface area contributed by atoms with Crippen LogP contribution in [0.3, 0.4) is 0 Å². The molecule has 0 saturated carbocycles. The monoisotopic (exact) mass is 408 g/mol. The van der Waals surface area contributed by atoms with Gasteiger partial charge in [0.2, 0.25) is 0 Å². The third-order valence-corrected chi connectivity index (χ3v) is 4.01. The first-order chi connectivity index (χ1) is 14.6. The van der Waals surface area contributed by atoms with Gasteiger partial charge in [0.05, 0.1) is 19.9 Å². The number of esters is 1. The van der Waals surface area contributed by atoms with E-state index in [0.717, 1.165) is 0 Å². The van der Waals surface area contributed by atoms with E-state index >= 15 is 0 Å². The Balaban J connectivity index is 1.78. The summed E-state index contributed by atoms with van der Waals surface area (Å²) in [6.45, 7) is -0.305. The molecule has 0 spiro atoms. The molecule has 1 heterocycles. The first-order valence-corrected chi connectivity index (χ1v) is 8.96. The summed E-state index contributed by atoms with van der Waals surface area (Å²) in [6.07, 6.45) is 3.23. The normalized spacial score (nSPS) is 10.1. The summed E-state index contributed by atoms with van der Waals surface area (Å²) < 4.78 is 21.0. The van der Waals surface area contributed by atoms with E-state index in [0.29, 0.717) is 28.5 Å². The van der Waals surface area contributed by atoms with E-state index in [9.17, 15) is 9.59 Å². The highest BCUT2D eigenvalue weighted by molar-refractivity contribution is 6.05. The number of hydrogen-bond acceptors (Lipinski definition) is 7. The van der Waals surface area contributed by atoms with Gasteiger partial charge in [0, 0.05) is 18.0 Å². The number of amides is 1. The summed E-state index contributed by atoms with van der Waals surface area (Å²) in [7, 11) is 2.73. The molecule has 8 heteroatoms. The third kappa shape index (κ3) is 5.26. The summed E-state index contributed by atoms with van der Waals surface area (Å²) in [6, 6.07) is 15.2. The number of para-hydroxylation sites is 2. The quantitative estimate of drug-likeness (QED) is 0.568. The number of carbonyl (C=O) groups is 2. The van der Waals surface area contributed by atoms with Crippen LogP contribution in [0.1, 0.15) is 10.4 Å². The zero-order valence-corrected chi connectivity index (χ0v) is 16.5. The lowest BCUT2D eigenvalue weighted by molar-refractivity contribution is -0.142. The maximum Gasteiger partial charge on any atom is 0.343 e. The van der Waals surface area contributed by atoms with Gasteiger partial charge in [-0.25, -0.2) is 4.79 Å². The van der Waals surface area contributed by atoms with Crippen LogP contribution in [0.5, 0.6) is 23.0 Å². The number of rotatable bonds is 8. The number of hydrogen-bond donors (Lipinski definition) is 1. The average Bonchev–Trinajstić information content (AvgIpc) is 2.79. The van der Waals surface area contributed by atoms with Crippen LogP contribution in [0.25, 0.3) is 0 Å². The van der Waals surface area contributed by atoms with E-state index < -0.39 is 5.97 Å². The number of ether oxygens (including phenoxy) is 4. The molecule has 0 fully saturated rings. The van der Waals surface area contributed by atoms with Gasteiger partial charge in [0.1, 0.15) is 5.75 Å². The molecule has 3 rings (SSSR count). The van der Waals surface area contributed by atoms with E-state index in [1.54, 1.807) is 60.9 Å². The van der Waals surface area contributed by atoms with Crippen LogP contribution in [0.4, 0.5) is 5.69 Å². The zero-order chi connectivity index (χ0) is 21.3. The van der Waals surface area contributed by atoms with E-state index in [-0.39, 0.29) is 18.3 Å². The van der Waals surface area contributed by atoms with Crippen molar-refractivity contribution >= 4 is 17.6 Å². The molecule has 0 bridgehead atoms. The lowest BCUT2D eigenvalue weighted by Gasteiger charge is -2.14. The van der Waals surface area contributed by atoms with Crippen LogP contribution >= 0.6 is 0 Å². The second kappa shape index (κ2) is 9.92. The molecule has 0 aliphatic carbocycles. The fourth-order valence-electron chi connectivity index (χ4n) is 2.51. The lowest BCUT2D eigenvalue weighted by Crippen LogP contribution is -2.15. The van der Waals surface area contributed by atoms with Gasteiger partial charge in [-0.1, -0.05) is 12.1 Å². The number of nitrogens with one attached hydrogen (secondary N) is 1. The van der Waals surface area contributed by atoms with Crippen LogP contribution in [-0.2, 0) is 9.53 Å². The van der Waals surface area contributed by atoms with Gasteiger partial charge < -0.3 is 24.3 Å². The smallest absolute Gasteiger partial charge is 0.343 e. The predicted molar refractivity (Wildman–Crippen MR) is 109 cm³/mol. The largest absolute Gasteiger partial charge is 0.493 e. The second-order valence-electron chi connectivity index (χ2n) is 5.97. The molecule has 2 aromatic carbocycles. The molecular formula is C22H20N2O6. The molecule has 3 aromatic rings. The van der Waals surface area contributed by atoms with Crippen molar-refractivity contribution in [3.8, 4) is 23.0 Å². The van der Waals surface area contributed by atoms with Gasteiger partial charge in [0.25, 0.3) is 5.91 Å². The highest BCUT2D eigenvalue weighted by Crippen LogP contribution is 2.31. The van der Waals surface area contributed by atoms with Crippen molar-refractivity contribution in [2.45, 2.75) is 0 Å². The first-order valence-electron chi connectivity index (χ1n) is 8.96. The predicted octanol–water partition coefficient (Wildman–Crippen LogP) is 3.69. The average molecular weight is 408 g/mol. The molecule has 0 unspecified atom stereocenters. The topological polar surface area (TPSA) is 96.0 Å². The molecular weight excluding hydrogens is 388 g/mol. The number of pyridine rings is 1. The lowest BCUT2D eigenvalue weighted by atomic mass is 10.1. The second-order valence-corrected chi connectivity index (χ2v) is 5.97. The van der Waals surface area contributed by atoms with E-state index in [2.05, 4.69) is 15.0 Å². The van der Waals surface area contributed by atoms with Gasteiger partial charge in [-0.2, -0.15) is 0 Å². The molecule has 8 nitrogen and oxygen atoms in total. The van der Waals surface area contributed by atoms with Crippen molar-refractivity contribution in [1.82, 2.24) is 4.98 Å². The summed E-state index contributed by atoms with van der Waals surface area (Å²) in [5, 5.41) is 2.82. The molecule has 1 aromatic heterocycles. The Kier molecular flexibility index (Phi) is 6.83. The Morgan fingerprint density at radius 2 is 1.70 bits per heavy atom. The minimum atomic E-state index is -0.547. The molecule has 0 aliphatic rings. The number of anilines is 1. The Morgan fingerprint density at radius 1 is 0.933 bits per heavy atom. The molecule has 0 radical (unpaired) electrons. The Morgan fingerprint density at radius 3 is 2.43 bits per heavy atom. The standard InChI is InChI=1S/C22H20N2O6/c1-27-19-8-7-15(13-20(19)29-14-21(25)28-2)22(26)24-17-5-3-4-6-18(17)30-16-9-11-23-12-10-16/h3-13H,14H2,1-2H3,(H,24,26). The first kappa shape index (κ1) is 20.7. The van der Waals surface area contributed by atoms with E-state index in [1.807, 2.05) is 0 Å². The maximum atomic E-state index is 12.8. The van der Waals surface area contributed by atoms with Crippen molar-refractivity contribution in [3.05, 3.63) is 72.6 Å².